The lowest BCUT2D eigenvalue weighted by Gasteiger charge is -2.17. The van der Waals surface area contributed by atoms with Gasteiger partial charge in [-0.2, -0.15) is 0 Å². The number of hydrogen-bond donors (Lipinski definition) is 1. The summed E-state index contributed by atoms with van der Waals surface area (Å²) in [6, 6.07) is 21.5. The summed E-state index contributed by atoms with van der Waals surface area (Å²) in [5, 5.41) is 10.8. The third-order valence-corrected chi connectivity index (χ3v) is 4.98. The van der Waals surface area contributed by atoms with Crippen LogP contribution in [0.25, 0.3) is 0 Å². The minimum absolute atomic E-state index is 0.500. The van der Waals surface area contributed by atoms with Crippen LogP contribution in [0.5, 0.6) is 11.5 Å². The van der Waals surface area contributed by atoms with E-state index in [0.29, 0.717) is 13.2 Å². The van der Waals surface area contributed by atoms with E-state index in [1.165, 1.54) is 0 Å². The maximum Gasteiger partial charge on any atom is 0.134 e. The standard InChI is InChI=1S/C23H23BrO3/c1-3-26-19-11-9-18(10-12-19)23(25)20-14-21(24)22(13-16(20)2)27-15-17-7-5-4-6-8-17/h4-14,23,25H,3,15H2,1-2H3. The Bertz CT molecular complexity index is 876. The van der Waals surface area contributed by atoms with Crippen LogP contribution in [0.2, 0.25) is 0 Å². The van der Waals surface area contributed by atoms with Gasteiger partial charge in [0.1, 0.15) is 24.2 Å². The Labute approximate surface area is 168 Å². The Balaban J connectivity index is 1.77. The van der Waals surface area contributed by atoms with Crippen molar-refractivity contribution in [3.63, 3.8) is 0 Å². The monoisotopic (exact) mass is 426 g/mol. The van der Waals surface area contributed by atoms with E-state index in [-0.39, 0.29) is 0 Å². The van der Waals surface area contributed by atoms with Gasteiger partial charge in [-0.25, -0.2) is 0 Å². The quantitative estimate of drug-likeness (QED) is 0.517. The molecule has 0 aliphatic carbocycles. The summed E-state index contributed by atoms with van der Waals surface area (Å²) in [7, 11) is 0. The molecule has 0 saturated carbocycles. The Morgan fingerprint density at radius 3 is 2.33 bits per heavy atom. The molecule has 0 heterocycles. The summed E-state index contributed by atoms with van der Waals surface area (Å²) in [4.78, 5) is 0. The van der Waals surface area contributed by atoms with Crippen molar-refractivity contribution in [1.82, 2.24) is 0 Å². The molecule has 0 radical (unpaired) electrons. The maximum atomic E-state index is 10.8. The topological polar surface area (TPSA) is 38.7 Å². The zero-order valence-electron chi connectivity index (χ0n) is 15.5. The molecule has 0 saturated heterocycles. The van der Waals surface area contributed by atoms with Crippen LogP contribution in [0.1, 0.15) is 35.3 Å². The lowest BCUT2D eigenvalue weighted by Crippen LogP contribution is -2.04. The smallest absolute Gasteiger partial charge is 0.134 e. The second-order valence-corrected chi connectivity index (χ2v) is 7.17. The van der Waals surface area contributed by atoms with Crippen LogP contribution < -0.4 is 9.47 Å². The summed E-state index contributed by atoms with van der Waals surface area (Å²) in [6.45, 7) is 5.05. The molecule has 3 aromatic carbocycles. The number of benzene rings is 3. The highest BCUT2D eigenvalue weighted by Crippen LogP contribution is 2.34. The fourth-order valence-corrected chi connectivity index (χ4v) is 3.38. The molecular formula is C23H23BrO3. The largest absolute Gasteiger partial charge is 0.494 e. The van der Waals surface area contributed by atoms with E-state index in [1.807, 2.05) is 80.6 Å². The summed E-state index contributed by atoms with van der Waals surface area (Å²) >= 11 is 3.57. The number of hydrogen-bond acceptors (Lipinski definition) is 3. The van der Waals surface area contributed by atoms with Crippen molar-refractivity contribution >= 4 is 15.9 Å². The van der Waals surface area contributed by atoms with Crippen molar-refractivity contribution in [2.24, 2.45) is 0 Å². The van der Waals surface area contributed by atoms with Crippen molar-refractivity contribution < 1.29 is 14.6 Å². The molecule has 0 aromatic heterocycles. The Kier molecular flexibility index (Phi) is 6.54. The fourth-order valence-electron chi connectivity index (χ4n) is 2.90. The summed E-state index contributed by atoms with van der Waals surface area (Å²) in [5.74, 6) is 1.56. The Morgan fingerprint density at radius 2 is 1.67 bits per heavy atom. The molecule has 4 heteroatoms. The van der Waals surface area contributed by atoms with Crippen molar-refractivity contribution in [3.8, 4) is 11.5 Å². The van der Waals surface area contributed by atoms with Gasteiger partial charge in [0.25, 0.3) is 0 Å². The van der Waals surface area contributed by atoms with Crippen LogP contribution in [-0.4, -0.2) is 11.7 Å². The number of aliphatic hydroxyl groups is 1. The van der Waals surface area contributed by atoms with Gasteiger partial charge in [0.2, 0.25) is 0 Å². The minimum atomic E-state index is -0.708. The van der Waals surface area contributed by atoms with Crippen LogP contribution in [0.15, 0.2) is 71.2 Å². The summed E-state index contributed by atoms with van der Waals surface area (Å²) in [5.41, 5.74) is 3.76. The lowest BCUT2D eigenvalue weighted by molar-refractivity contribution is 0.219. The van der Waals surface area contributed by atoms with Gasteiger partial charge >= 0.3 is 0 Å². The van der Waals surface area contributed by atoms with Gasteiger partial charge in [0, 0.05) is 0 Å². The van der Waals surface area contributed by atoms with Crippen LogP contribution in [-0.2, 0) is 6.61 Å². The first-order valence-electron chi connectivity index (χ1n) is 8.96. The van der Waals surface area contributed by atoms with E-state index in [4.69, 9.17) is 9.47 Å². The van der Waals surface area contributed by atoms with Gasteiger partial charge in [-0.1, -0.05) is 42.5 Å². The highest BCUT2D eigenvalue weighted by molar-refractivity contribution is 9.10. The average molecular weight is 427 g/mol. The Hall–Kier alpha value is -2.30. The summed E-state index contributed by atoms with van der Waals surface area (Å²) < 4.78 is 12.2. The number of halogens is 1. The maximum absolute atomic E-state index is 10.8. The van der Waals surface area contributed by atoms with Crippen molar-refractivity contribution in [1.29, 1.82) is 0 Å². The third kappa shape index (κ3) is 4.90. The van der Waals surface area contributed by atoms with E-state index < -0.39 is 6.10 Å². The molecule has 0 amide bonds. The third-order valence-electron chi connectivity index (χ3n) is 4.36. The molecule has 0 fully saturated rings. The first kappa shape index (κ1) is 19.5. The van der Waals surface area contributed by atoms with Crippen LogP contribution >= 0.6 is 15.9 Å². The molecule has 0 aliphatic heterocycles. The molecule has 27 heavy (non-hydrogen) atoms. The van der Waals surface area contributed by atoms with Gasteiger partial charge < -0.3 is 14.6 Å². The second kappa shape index (κ2) is 9.07. The highest BCUT2D eigenvalue weighted by atomic mass is 79.9. The first-order chi connectivity index (χ1) is 13.1. The predicted molar refractivity (Wildman–Crippen MR) is 111 cm³/mol. The normalized spacial score (nSPS) is 11.9. The molecule has 0 aliphatic rings. The molecule has 1 atom stereocenters. The van der Waals surface area contributed by atoms with Gasteiger partial charge in [-0.3, -0.25) is 0 Å². The van der Waals surface area contributed by atoms with E-state index in [1.54, 1.807) is 0 Å². The molecule has 3 aromatic rings. The van der Waals surface area contributed by atoms with Gasteiger partial charge in [-0.05, 0) is 76.3 Å². The number of aliphatic hydroxyl groups excluding tert-OH is 1. The lowest BCUT2D eigenvalue weighted by atomic mass is 9.97. The zero-order valence-corrected chi connectivity index (χ0v) is 17.1. The second-order valence-electron chi connectivity index (χ2n) is 6.32. The van der Waals surface area contributed by atoms with Gasteiger partial charge in [0.05, 0.1) is 11.1 Å². The number of ether oxygens (including phenoxy) is 2. The number of aryl methyl sites for hydroxylation is 1. The van der Waals surface area contributed by atoms with Crippen LogP contribution in [0.4, 0.5) is 0 Å². The summed E-state index contributed by atoms with van der Waals surface area (Å²) in [6.07, 6.45) is -0.708. The molecule has 140 valence electrons. The van der Waals surface area contributed by atoms with E-state index in [9.17, 15) is 5.11 Å². The zero-order chi connectivity index (χ0) is 19.2. The van der Waals surface area contributed by atoms with Gasteiger partial charge in [0.15, 0.2) is 0 Å². The van der Waals surface area contributed by atoms with Crippen molar-refractivity contribution in [2.75, 3.05) is 6.61 Å². The molecule has 3 nitrogen and oxygen atoms in total. The van der Waals surface area contributed by atoms with E-state index in [2.05, 4.69) is 15.9 Å². The van der Waals surface area contributed by atoms with Crippen molar-refractivity contribution in [3.05, 3.63) is 93.5 Å². The molecule has 0 bridgehead atoms. The predicted octanol–water partition coefficient (Wildman–Crippen LogP) is 5.82. The molecule has 0 spiro atoms. The van der Waals surface area contributed by atoms with Gasteiger partial charge in [-0.15, -0.1) is 0 Å². The Morgan fingerprint density at radius 1 is 0.963 bits per heavy atom. The molecular weight excluding hydrogens is 404 g/mol. The first-order valence-corrected chi connectivity index (χ1v) is 9.75. The average Bonchev–Trinajstić information content (AvgIpc) is 2.69. The molecule has 1 unspecified atom stereocenters. The van der Waals surface area contributed by atoms with E-state index >= 15 is 0 Å². The van der Waals surface area contributed by atoms with Crippen molar-refractivity contribution in [2.45, 2.75) is 26.6 Å². The fraction of sp³-hybridized carbons (Fsp3) is 0.217. The minimum Gasteiger partial charge on any atom is -0.494 e. The molecule has 3 rings (SSSR count). The molecule has 1 N–H and O–H groups in total. The number of rotatable bonds is 7. The van der Waals surface area contributed by atoms with E-state index in [0.717, 1.165) is 38.2 Å². The van der Waals surface area contributed by atoms with Crippen LogP contribution in [0, 0.1) is 6.92 Å². The van der Waals surface area contributed by atoms with Crippen LogP contribution in [0.3, 0.4) is 0 Å². The SMILES string of the molecule is CCOc1ccc(C(O)c2cc(Br)c(OCc3ccccc3)cc2C)cc1. The highest BCUT2D eigenvalue weighted by Gasteiger charge is 2.16.